The number of hydrogen-bond donors (Lipinski definition) is 3. The van der Waals surface area contributed by atoms with Crippen molar-refractivity contribution in [2.45, 2.75) is 6.41 Å². The lowest BCUT2D eigenvalue weighted by molar-refractivity contribution is -0.141. The van der Waals surface area contributed by atoms with Crippen molar-refractivity contribution < 1.29 is 19.7 Å². The van der Waals surface area contributed by atoms with Crippen LogP contribution >= 0.6 is 0 Å². The Balaban J connectivity index is 3.16. The van der Waals surface area contributed by atoms with Gasteiger partial charge in [-0.05, 0) is 0 Å². The highest BCUT2D eigenvalue weighted by molar-refractivity contribution is 5.68. The van der Waals surface area contributed by atoms with Crippen LogP contribution in [-0.4, -0.2) is 36.3 Å². The molecule has 0 aromatic heterocycles. The molecule has 0 aliphatic heterocycles. The van der Waals surface area contributed by atoms with Crippen LogP contribution < -0.4 is 5.32 Å². The van der Waals surface area contributed by atoms with E-state index in [4.69, 9.17) is 10.2 Å². The van der Waals surface area contributed by atoms with Crippen molar-refractivity contribution in [1.29, 1.82) is 0 Å². The quantitative estimate of drug-likeness (QED) is 0.412. The Hall–Kier alpha value is -0.650. The van der Waals surface area contributed by atoms with Crippen LogP contribution in [0.4, 0.5) is 0 Å². The third-order valence-corrected chi connectivity index (χ3v) is 0.651. The third kappa shape index (κ3) is 5.22. The minimum atomic E-state index is -1.19. The first-order chi connectivity index (χ1) is 4.16. The van der Waals surface area contributed by atoms with Gasteiger partial charge in [0.15, 0.2) is 0 Å². The highest BCUT2D eigenvalue weighted by atomic mass is 16.6. The predicted octanol–water partition coefficient (Wildman–Crippen LogP) is -1.42. The molecule has 0 aromatic carbocycles. The number of carboxylic acids is 1. The molecule has 54 valence electrons. The smallest absolute Gasteiger partial charge is 0.317 e. The van der Waals surface area contributed by atoms with Crippen molar-refractivity contribution in [3.63, 3.8) is 0 Å². The van der Waals surface area contributed by atoms with Gasteiger partial charge in [-0.3, -0.25) is 10.1 Å². The largest absolute Gasteiger partial charge is 0.480 e. The van der Waals surface area contributed by atoms with E-state index < -0.39 is 12.4 Å². The topological polar surface area (TPSA) is 78.8 Å². The Labute approximate surface area is 52.2 Å². The van der Waals surface area contributed by atoms with Crippen molar-refractivity contribution in [2.24, 2.45) is 0 Å². The first-order valence-electron chi connectivity index (χ1n) is 2.33. The Morgan fingerprint density at radius 3 is 2.78 bits per heavy atom. The zero-order valence-corrected chi connectivity index (χ0v) is 5.00. The SMILES string of the molecule is COC(O)NCC(=O)O. The van der Waals surface area contributed by atoms with Crippen molar-refractivity contribution in [1.82, 2.24) is 5.32 Å². The van der Waals surface area contributed by atoms with Gasteiger partial charge in [-0.1, -0.05) is 0 Å². The van der Waals surface area contributed by atoms with Crippen molar-refractivity contribution in [3.8, 4) is 0 Å². The molecule has 0 amide bonds. The van der Waals surface area contributed by atoms with Gasteiger partial charge in [0.1, 0.15) is 0 Å². The number of aliphatic hydroxyl groups is 1. The molecule has 0 radical (unpaired) electrons. The van der Waals surface area contributed by atoms with E-state index in [-0.39, 0.29) is 6.54 Å². The summed E-state index contributed by atoms with van der Waals surface area (Å²) >= 11 is 0. The summed E-state index contributed by atoms with van der Waals surface area (Å²) < 4.78 is 4.28. The number of hydrogen-bond acceptors (Lipinski definition) is 4. The van der Waals surface area contributed by atoms with Gasteiger partial charge >= 0.3 is 5.97 Å². The third-order valence-electron chi connectivity index (χ3n) is 0.651. The minimum Gasteiger partial charge on any atom is -0.480 e. The molecule has 0 saturated carbocycles. The fourth-order valence-electron chi connectivity index (χ4n) is 0.258. The molecule has 9 heavy (non-hydrogen) atoms. The van der Waals surface area contributed by atoms with Crippen LogP contribution in [-0.2, 0) is 9.53 Å². The zero-order chi connectivity index (χ0) is 7.28. The minimum absolute atomic E-state index is 0.311. The molecule has 3 N–H and O–H groups in total. The van der Waals surface area contributed by atoms with E-state index in [1.807, 2.05) is 0 Å². The molecule has 0 saturated heterocycles. The van der Waals surface area contributed by atoms with Crippen LogP contribution in [0.5, 0.6) is 0 Å². The van der Waals surface area contributed by atoms with Gasteiger partial charge in [0.05, 0.1) is 6.54 Å². The number of methoxy groups -OCH3 is 1. The molecule has 1 atom stereocenters. The second-order valence-electron chi connectivity index (χ2n) is 1.36. The lowest BCUT2D eigenvalue weighted by Crippen LogP contribution is -2.34. The molecule has 0 rings (SSSR count). The molecule has 5 nitrogen and oxygen atoms in total. The summed E-state index contributed by atoms with van der Waals surface area (Å²) in [5.74, 6) is -1.04. The van der Waals surface area contributed by atoms with Crippen LogP contribution in [0, 0.1) is 0 Å². The lowest BCUT2D eigenvalue weighted by Gasteiger charge is -2.06. The Morgan fingerprint density at radius 2 is 2.44 bits per heavy atom. The first kappa shape index (κ1) is 8.35. The van der Waals surface area contributed by atoms with E-state index in [0.29, 0.717) is 0 Å². The number of nitrogens with one attached hydrogen (secondary N) is 1. The molecule has 0 aliphatic rings. The average Bonchev–Trinajstić information content (AvgIpc) is 1.83. The lowest BCUT2D eigenvalue weighted by atomic mass is 10.7. The molecular weight excluding hydrogens is 126 g/mol. The standard InChI is InChI=1S/C4H9NO4/c1-9-4(8)5-2-3(6)7/h4-5,8H,2H2,1H3,(H,6,7). The van der Waals surface area contributed by atoms with Gasteiger partial charge in [0, 0.05) is 7.11 Å². The molecule has 5 heteroatoms. The predicted molar refractivity (Wildman–Crippen MR) is 28.7 cm³/mol. The number of aliphatic carboxylic acids is 1. The van der Waals surface area contributed by atoms with Crippen molar-refractivity contribution in [2.75, 3.05) is 13.7 Å². The molecule has 0 heterocycles. The first-order valence-corrected chi connectivity index (χ1v) is 2.33. The number of carbonyl (C=O) groups is 1. The highest BCUT2D eigenvalue weighted by Gasteiger charge is 2.01. The van der Waals surface area contributed by atoms with E-state index in [9.17, 15) is 4.79 Å². The van der Waals surface area contributed by atoms with E-state index in [2.05, 4.69) is 10.1 Å². The van der Waals surface area contributed by atoms with Crippen LogP contribution in [0.25, 0.3) is 0 Å². The Kier molecular flexibility index (Phi) is 3.94. The maximum Gasteiger partial charge on any atom is 0.317 e. The second-order valence-corrected chi connectivity index (χ2v) is 1.36. The van der Waals surface area contributed by atoms with Gasteiger partial charge < -0.3 is 14.9 Å². The van der Waals surface area contributed by atoms with Crippen LogP contribution in [0.2, 0.25) is 0 Å². The Bertz CT molecular complexity index is 94.6. The number of ether oxygens (including phenoxy) is 1. The summed E-state index contributed by atoms with van der Waals surface area (Å²) in [6, 6.07) is 0. The number of aliphatic hydroxyl groups excluding tert-OH is 1. The maximum absolute atomic E-state index is 9.79. The molecule has 1 unspecified atom stereocenters. The highest BCUT2D eigenvalue weighted by Crippen LogP contribution is 1.73. The van der Waals surface area contributed by atoms with Crippen molar-refractivity contribution >= 4 is 5.97 Å². The van der Waals surface area contributed by atoms with E-state index in [0.717, 1.165) is 0 Å². The summed E-state index contributed by atoms with van der Waals surface area (Å²) in [4.78, 5) is 9.79. The summed E-state index contributed by atoms with van der Waals surface area (Å²) in [6.07, 6.45) is -1.19. The fraction of sp³-hybridized carbons (Fsp3) is 0.750. The fourth-order valence-corrected chi connectivity index (χ4v) is 0.258. The summed E-state index contributed by atoms with van der Waals surface area (Å²) in [6.45, 7) is -0.311. The van der Waals surface area contributed by atoms with Gasteiger partial charge in [0.25, 0.3) is 0 Å². The summed E-state index contributed by atoms with van der Waals surface area (Å²) in [7, 11) is 1.26. The summed E-state index contributed by atoms with van der Waals surface area (Å²) in [5.41, 5.74) is 0. The van der Waals surface area contributed by atoms with Gasteiger partial charge in [-0.25, -0.2) is 0 Å². The van der Waals surface area contributed by atoms with E-state index in [1.165, 1.54) is 7.11 Å². The van der Waals surface area contributed by atoms with Crippen molar-refractivity contribution in [3.05, 3.63) is 0 Å². The van der Waals surface area contributed by atoms with Gasteiger partial charge in [-0.2, -0.15) is 0 Å². The molecule has 0 fully saturated rings. The molecule has 0 bridgehead atoms. The van der Waals surface area contributed by atoms with E-state index in [1.54, 1.807) is 0 Å². The maximum atomic E-state index is 9.79. The molecule has 0 aromatic rings. The molecular formula is C4H9NO4. The molecule has 0 spiro atoms. The van der Waals surface area contributed by atoms with Crippen LogP contribution in [0.1, 0.15) is 0 Å². The number of carboxylic acid groups (broad SMARTS) is 1. The number of rotatable bonds is 4. The van der Waals surface area contributed by atoms with Crippen LogP contribution in [0.15, 0.2) is 0 Å². The normalized spacial score (nSPS) is 13.1. The Morgan fingerprint density at radius 1 is 1.89 bits per heavy atom. The molecule has 0 aliphatic carbocycles. The zero-order valence-electron chi connectivity index (χ0n) is 5.00. The van der Waals surface area contributed by atoms with Gasteiger partial charge in [0.2, 0.25) is 6.41 Å². The summed E-state index contributed by atoms with van der Waals surface area (Å²) in [5, 5.41) is 18.7. The van der Waals surface area contributed by atoms with E-state index >= 15 is 0 Å². The average molecular weight is 135 g/mol. The van der Waals surface area contributed by atoms with Crippen LogP contribution in [0.3, 0.4) is 0 Å². The second kappa shape index (κ2) is 4.25. The van der Waals surface area contributed by atoms with Gasteiger partial charge in [-0.15, -0.1) is 0 Å². The monoisotopic (exact) mass is 135 g/mol.